The van der Waals surface area contributed by atoms with Gasteiger partial charge in [-0.1, -0.05) is 0 Å². The zero-order chi connectivity index (χ0) is 17.8. The summed E-state index contributed by atoms with van der Waals surface area (Å²) in [6.07, 6.45) is 0.601. The van der Waals surface area contributed by atoms with E-state index in [1.165, 1.54) is 0 Å². The first-order valence-electron chi connectivity index (χ1n) is 8.45. The third-order valence-corrected chi connectivity index (χ3v) is 5.22. The molecule has 3 aromatic rings. The Morgan fingerprint density at radius 2 is 1.85 bits per heavy atom. The molecule has 0 unspecified atom stereocenters. The van der Waals surface area contributed by atoms with E-state index in [1.807, 2.05) is 24.3 Å². The van der Waals surface area contributed by atoms with Gasteiger partial charge in [-0.05, 0) is 24.3 Å². The quantitative estimate of drug-likeness (QED) is 0.760. The predicted molar refractivity (Wildman–Crippen MR) is 93.4 cm³/mol. The van der Waals surface area contributed by atoms with Crippen molar-refractivity contribution in [3.63, 3.8) is 0 Å². The van der Waals surface area contributed by atoms with E-state index >= 15 is 0 Å². The van der Waals surface area contributed by atoms with Gasteiger partial charge in [0.05, 0.1) is 37.9 Å². The summed E-state index contributed by atoms with van der Waals surface area (Å²) in [6.45, 7) is 0.345. The Hall–Kier alpha value is -2.86. The number of rotatable bonds is 2. The second-order valence-electron chi connectivity index (χ2n) is 6.50. The van der Waals surface area contributed by atoms with Crippen molar-refractivity contribution in [1.82, 2.24) is 0 Å². The van der Waals surface area contributed by atoms with Gasteiger partial charge in [-0.25, -0.2) is 0 Å². The summed E-state index contributed by atoms with van der Waals surface area (Å²) in [5, 5.41) is 12.0. The minimum atomic E-state index is -0.719. The van der Waals surface area contributed by atoms with E-state index in [0.29, 0.717) is 29.6 Å². The summed E-state index contributed by atoms with van der Waals surface area (Å²) in [5.74, 6) is 2.28. The number of aliphatic hydroxyl groups excluding tert-OH is 1. The van der Waals surface area contributed by atoms with Crippen molar-refractivity contribution >= 4 is 11.0 Å². The molecule has 134 valence electrons. The summed E-state index contributed by atoms with van der Waals surface area (Å²) in [4.78, 5) is 0. The smallest absolute Gasteiger partial charge is 0.164 e. The molecule has 1 aromatic heterocycles. The normalized spacial score (nSPS) is 23.3. The molecule has 0 spiro atoms. The van der Waals surface area contributed by atoms with Gasteiger partial charge < -0.3 is 28.5 Å². The van der Waals surface area contributed by atoms with E-state index < -0.39 is 6.10 Å². The van der Waals surface area contributed by atoms with Crippen LogP contribution in [0.4, 0.5) is 0 Å². The van der Waals surface area contributed by atoms with Gasteiger partial charge in [0.25, 0.3) is 0 Å². The number of hydrogen-bond acceptors (Lipinski definition) is 6. The van der Waals surface area contributed by atoms with Crippen molar-refractivity contribution in [2.24, 2.45) is 0 Å². The van der Waals surface area contributed by atoms with Gasteiger partial charge in [0.2, 0.25) is 0 Å². The molecule has 1 N–H and O–H groups in total. The molecule has 2 aliphatic heterocycles. The maximum Gasteiger partial charge on any atom is 0.164 e. The van der Waals surface area contributed by atoms with Crippen molar-refractivity contribution in [3.8, 4) is 23.0 Å². The number of fused-ring (bicyclic) bond motifs is 6. The van der Waals surface area contributed by atoms with Gasteiger partial charge in [0.15, 0.2) is 11.5 Å². The molecular weight excluding hydrogens is 336 g/mol. The van der Waals surface area contributed by atoms with Crippen LogP contribution in [0.2, 0.25) is 0 Å². The number of benzene rings is 2. The van der Waals surface area contributed by atoms with Crippen molar-refractivity contribution in [1.29, 1.82) is 0 Å². The minimum Gasteiger partial charge on any atom is -0.493 e. The van der Waals surface area contributed by atoms with Crippen LogP contribution in [-0.4, -0.2) is 32.0 Å². The van der Waals surface area contributed by atoms with Gasteiger partial charge in [0, 0.05) is 17.2 Å². The summed E-state index contributed by atoms with van der Waals surface area (Å²) < 4.78 is 28.4. The van der Waals surface area contributed by atoms with Crippen molar-refractivity contribution in [2.75, 3.05) is 20.8 Å². The van der Waals surface area contributed by atoms with Crippen molar-refractivity contribution < 1.29 is 28.5 Å². The van der Waals surface area contributed by atoms with Gasteiger partial charge in [-0.3, -0.25) is 0 Å². The average Bonchev–Trinajstić information content (AvgIpc) is 3.15. The van der Waals surface area contributed by atoms with Crippen LogP contribution in [0, 0.1) is 0 Å². The Balaban J connectivity index is 1.66. The van der Waals surface area contributed by atoms with E-state index in [-0.39, 0.29) is 12.0 Å². The van der Waals surface area contributed by atoms with E-state index in [2.05, 4.69) is 0 Å². The zero-order valence-corrected chi connectivity index (χ0v) is 14.4. The largest absolute Gasteiger partial charge is 0.493 e. The Labute approximate surface area is 149 Å². The van der Waals surface area contributed by atoms with Gasteiger partial charge in [-0.2, -0.15) is 0 Å². The molecule has 6 nitrogen and oxygen atoms in total. The molecule has 3 atom stereocenters. The number of ether oxygens (including phenoxy) is 4. The van der Waals surface area contributed by atoms with Crippen LogP contribution in [0.5, 0.6) is 23.0 Å². The van der Waals surface area contributed by atoms with Crippen molar-refractivity contribution in [3.05, 3.63) is 47.7 Å². The molecule has 5 rings (SSSR count). The zero-order valence-electron chi connectivity index (χ0n) is 14.4. The monoisotopic (exact) mass is 354 g/mol. The van der Waals surface area contributed by atoms with E-state index in [0.717, 1.165) is 22.1 Å². The van der Waals surface area contributed by atoms with Crippen LogP contribution in [0.1, 0.15) is 23.1 Å². The second-order valence-corrected chi connectivity index (χ2v) is 6.50. The molecule has 2 aliphatic rings. The molecule has 0 radical (unpaired) electrons. The second kappa shape index (κ2) is 5.57. The first-order chi connectivity index (χ1) is 12.7. The topological polar surface area (TPSA) is 70.3 Å². The maximum atomic E-state index is 11.2. The van der Waals surface area contributed by atoms with Crippen LogP contribution in [0.15, 0.2) is 41.0 Å². The fraction of sp³-hybridized carbons (Fsp3) is 0.300. The molecule has 0 amide bonds. The van der Waals surface area contributed by atoms with E-state index in [9.17, 15) is 5.11 Å². The predicted octanol–water partition coefficient (Wildman–Crippen LogP) is 3.42. The highest BCUT2D eigenvalue weighted by Crippen LogP contribution is 2.52. The third-order valence-electron chi connectivity index (χ3n) is 5.22. The van der Waals surface area contributed by atoms with E-state index in [1.54, 1.807) is 26.5 Å². The summed E-state index contributed by atoms with van der Waals surface area (Å²) in [5.41, 5.74) is 2.34. The number of aliphatic hydroxyl groups is 1. The first-order valence-corrected chi connectivity index (χ1v) is 8.45. The molecule has 6 heteroatoms. The van der Waals surface area contributed by atoms with Crippen LogP contribution in [0.3, 0.4) is 0 Å². The Morgan fingerprint density at radius 1 is 1.04 bits per heavy atom. The van der Waals surface area contributed by atoms with Crippen molar-refractivity contribution in [2.45, 2.75) is 18.1 Å². The lowest BCUT2D eigenvalue weighted by molar-refractivity contribution is 0.00247. The van der Waals surface area contributed by atoms with Crippen LogP contribution >= 0.6 is 0 Å². The summed E-state index contributed by atoms with van der Waals surface area (Å²) in [6, 6.07) is 9.23. The van der Waals surface area contributed by atoms with Gasteiger partial charge in [0.1, 0.15) is 29.8 Å². The highest BCUT2D eigenvalue weighted by atomic mass is 16.5. The molecule has 0 saturated carbocycles. The minimum absolute atomic E-state index is 0.254. The third kappa shape index (κ3) is 2.02. The Bertz CT molecular complexity index is 991. The molecule has 2 aromatic carbocycles. The molecular formula is C20H18O6. The Kier molecular flexibility index (Phi) is 3.30. The summed E-state index contributed by atoms with van der Waals surface area (Å²) >= 11 is 0. The lowest BCUT2D eigenvalue weighted by atomic mass is 9.80. The molecule has 3 heterocycles. The molecule has 0 saturated heterocycles. The summed E-state index contributed by atoms with van der Waals surface area (Å²) in [7, 11) is 3.17. The van der Waals surface area contributed by atoms with Crippen LogP contribution < -0.4 is 18.9 Å². The highest BCUT2D eigenvalue weighted by Gasteiger charge is 2.44. The molecule has 0 bridgehead atoms. The van der Waals surface area contributed by atoms with Crippen LogP contribution in [0.25, 0.3) is 11.0 Å². The highest BCUT2D eigenvalue weighted by molar-refractivity contribution is 5.86. The lowest BCUT2D eigenvalue weighted by Crippen LogP contribution is -2.41. The number of methoxy groups -OCH3 is 2. The molecule has 0 fully saturated rings. The average molecular weight is 354 g/mol. The standard InChI is InChI=1S/C20H18O6/c1-22-15-7-12-14(8-16(15)23-2)25-9-17-18(12)19(21)11-3-4-13-10(5-6-24-13)20(11)26-17/h3-8,17-19,21H,9H2,1-2H3/t17-,18+,19+/m0/s1. The number of furan rings is 1. The maximum absolute atomic E-state index is 11.2. The SMILES string of the molecule is COc1cc2c(cc1OC)[C@@H]1[C@H](CO2)Oc2c(ccc3occc23)[C@H]1O. The lowest BCUT2D eigenvalue weighted by Gasteiger charge is -2.41. The van der Waals surface area contributed by atoms with Gasteiger partial charge >= 0.3 is 0 Å². The molecule has 0 aliphatic carbocycles. The molecule has 26 heavy (non-hydrogen) atoms. The fourth-order valence-corrected chi connectivity index (χ4v) is 3.96. The van der Waals surface area contributed by atoms with Crippen LogP contribution in [-0.2, 0) is 0 Å². The first kappa shape index (κ1) is 15.4. The van der Waals surface area contributed by atoms with Gasteiger partial charge in [-0.15, -0.1) is 0 Å². The number of hydrogen-bond donors (Lipinski definition) is 1. The fourth-order valence-electron chi connectivity index (χ4n) is 3.96. The Morgan fingerprint density at radius 3 is 2.65 bits per heavy atom. The van der Waals surface area contributed by atoms with E-state index in [4.69, 9.17) is 23.4 Å².